The molecule has 3 rings (SSSR count). The first-order valence-electron chi connectivity index (χ1n) is 10.0. The van der Waals surface area contributed by atoms with Crippen molar-refractivity contribution >= 4 is 21.6 Å². The largest absolute Gasteiger partial charge is 0.484 e. The van der Waals surface area contributed by atoms with Gasteiger partial charge in [0.2, 0.25) is 10.0 Å². The second kappa shape index (κ2) is 9.41. The number of aryl methyl sites for hydroxylation is 1. The van der Waals surface area contributed by atoms with Gasteiger partial charge in [-0.2, -0.15) is 4.31 Å². The van der Waals surface area contributed by atoms with Crippen molar-refractivity contribution in [2.75, 3.05) is 18.5 Å². The molecule has 1 aliphatic rings. The number of nitrogens with zero attached hydrogens (tertiary/aromatic N) is 1. The maximum atomic E-state index is 13.0. The van der Waals surface area contributed by atoms with Gasteiger partial charge in [-0.3, -0.25) is 4.79 Å². The number of rotatable bonds is 7. The van der Waals surface area contributed by atoms with Crippen molar-refractivity contribution in [3.8, 4) is 5.75 Å². The summed E-state index contributed by atoms with van der Waals surface area (Å²) in [6.07, 6.45) is 3.68. The van der Waals surface area contributed by atoms with Crippen molar-refractivity contribution in [2.24, 2.45) is 0 Å². The third-order valence-electron chi connectivity index (χ3n) is 5.18. The minimum atomic E-state index is -3.52. The highest BCUT2D eigenvalue weighted by Crippen LogP contribution is 2.27. The molecule has 0 bridgehead atoms. The van der Waals surface area contributed by atoms with Crippen LogP contribution in [-0.2, 0) is 14.8 Å². The summed E-state index contributed by atoms with van der Waals surface area (Å²) in [7, 11) is -3.52. The lowest BCUT2D eigenvalue weighted by atomic mass is 10.0. The lowest BCUT2D eigenvalue weighted by molar-refractivity contribution is -0.118. The molecule has 1 atom stereocenters. The monoisotopic (exact) mass is 416 g/mol. The molecular formula is C22H28N2O4S. The van der Waals surface area contributed by atoms with E-state index in [4.69, 9.17) is 4.74 Å². The number of piperidine rings is 1. The van der Waals surface area contributed by atoms with E-state index in [1.165, 1.54) is 0 Å². The van der Waals surface area contributed by atoms with Gasteiger partial charge < -0.3 is 10.1 Å². The fourth-order valence-electron chi connectivity index (χ4n) is 3.52. The summed E-state index contributed by atoms with van der Waals surface area (Å²) in [6.45, 7) is 4.45. The molecule has 1 amide bonds. The quantitative estimate of drug-likeness (QED) is 0.741. The summed E-state index contributed by atoms with van der Waals surface area (Å²) in [4.78, 5) is 12.4. The van der Waals surface area contributed by atoms with Gasteiger partial charge in [-0.1, -0.05) is 31.0 Å². The SMILES string of the molecule is CC[C@H]1CCCCN1S(=O)(=O)c1ccc(NC(=O)COc2ccc(C)cc2)cc1. The van der Waals surface area contributed by atoms with Gasteiger partial charge in [-0.25, -0.2) is 8.42 Å². The topological polar surface area (TPSA) is 75.7 Å². The smallest absolute Gasteiger partial charge is 0.262 e. The first-order chi connectivity index (χ1) is 13.9. The second-order valence-electron chi connectivity index (χ2n) is 7.35. The van der Waals surface area contributed by atoms with E-state index in [0.29, 0.717) is 18.0 Å². The molecule has 0 unspecified atom stereocenters. The predicted octanol–water partition coefficient (Wildman–Crippen LogP) is 3.97. The van der Waals surface area contributed by atoms with Gasteiger partial charge >= 0.3 is 0 Å². The molecule has 0 aliphatic carbocycles. The van der Waals surface area contributed by atoms with Crippen LogP contribution in [0.25, 0.3) is 0 Å². The number of carbonyl (C=O) groups excluding carboxylic acids is 1. The zero-order valence-corrected chi connectivity index (χ0v) is 17.7. The molecule has 1 N–H and O–H groups in total. The molecule has 2 aromatic carbocycles. The van der Waals surface area contributed by atoms with E-state index in [9.17, 15) is 13.2 Å². The third-order valence-corrected chi connectivity index (χ3v) is 7.15. The maximum Gasteiger partial charge on any atom is 0.262 e. The van der Waals surface area contributed by atoms with Crippen LogP contribution in [0.15, 0.2) is 53.4 Å². The van der Waals surface area contributed by atoms with Crippen molar-refractivity contribution in [1.82, 2.24) is 4.31 Å². The minimum Gasteiger partial charge on any atom is -0.484 e. The number of nitrogens with one attached hydrogen (secondary N) is 1. The Morgan fingerprint density at radius 2 is 1.79 bits per heavy atom. The lowest BCUT2D eigenvalue weighted by Crippen LogP contribution is -2.43. The van der Waals surface area contributed by atoms with Crippen LogP contribution in [0.5, 0.6) is 5.75 Å². The van der Waals surface area contributed by atoms with E-state index >= 15 is 0 Å². The van der Waals surface area contributed by atoms with E-state index in [2.05, 4.69) is 5.32 Å². The third kappa shape index (κ3) is 5.36. The number of hydrogen-bond acceptors (Lipinski definition) is 4. The van der Waals surface area contributed by atoms with Crippen LogP contribution in [0.3, 0.4) is 0 Å². The number of benzene rings is 2. The molecule has 1 aliphatic heterocycles. The van der Waals surface area contributed by atoms with Crippen LogP contribution in [0.4, 0.5) is 5.69 Å². The van der Waals surface area contributed by atoms with Gasteiger partial charge in [-0.05, 0) is 62.6 Å². The van der Waals surface area contributed by atoms with E-state index in [1.54, 1.807) is 28.6 Å². The van der Waals surface area contributed by atoms with Crippen molar-refractivity contribution < 1.29 is 17.9 Å². The van der Waals surface area contributed by atoms with Gasteiger partial charge in [0, 0.05) is 18.3 Å². The number of anilines is 1. The van der Waals surface area contributed by atoms with E-state index in [-0.39, 0.29) is 23.5 Å². The predicted molar refractivity (Wildman–Crippen MR) is 114 cm³/mol. The van der Waals surface area contributed by atoms with E-state index in [0.717, 1.165) is 31.2 Å². The normalized spacial score (nSPS) is 17.7. The fourth-order valence-corrected chi connectivity index (χ4v) is 5.29. The number of sulfonamides is 1. The van der Waals surface area contributed by atoms with Crippen LogP contribution in [-0.4, -0.2) is 37.8 Å². The first kappa shape index (κ1) is 21.3. The highest BCUT2D eigenvalue weighted by atomic mass is 32.2. The summed E-state index contributed by atoms with van der Waals surface area (Å²) in [5.74, 6) is 0.322. The molecule has 1 saturated heterocycles. The van der Waals surface area contributed by atoms with Crippen LogP contribution in [0, 0.1) is 6.92 Å². The van der Waals surface area contributed by atoms with Crippen molar-refractivity contribution in [2.45, 2.75) is 50.5 Å². The zero-order valence-electron chi connectivity index (χ0n) is 16.9. The summed E-state index contributed by atoms with van der Waals surface area (Å²) in [6, 6.07) is 13.8. The minimum absolute atomic E-state index is 0.0621. The van der Waals surface area contributed by atoms with Gasteiger partial charge in [-0.15, -0.1) is 0 Å². The van der Waals surface area contributed by atoms with Gasteiger partial charge in [0.05, 0.1) is 4.90 Å². The van der Waals surface area contributed by atoms with Crippen molar-refractivity contribution in [3.05, 3.63) is 54.1 Å². The second-order valence-corrected chi connectivity index (χ2v) is 9.24. The summed E-state index contributed by atoms with van der Waals surface area (Å²) in [5, 5.41) is 2.73. The summed E-state index contributed by atoms with van der Waals surface area (Å²) < 4.78 is 33.1. The molecule has 7 heteroatoms. The Bertz CT molecular complexity index is 924. The molecule has 2 aromatic rings. The number of ether oxygens (including phenoxy) is 1. The zero-order chi connectivity index (χ0) is 20.9. The van der Waals surface area contributed by atoms with Crippen LogP contribution in [0.1, 0.15) is 38.2 Å². The average Bonchev–Trinajstić information content (AvgIpc) is 2.73. The molecule has 0 saturated carbocycles. The van der Waals surface area contributed by atoms with E-state index in [1.807, 2.05) is 38.1 Å². The fraction of sp³-hybridized carbons (Fsp3) is 0.409. The van der Waals surface area contributed by atoms with Crippen molar-refractivity contribution in [1.29, 1.82) is 0 Å². The van der Waals surface area contributed by atoms with E-state index < -0.39 is 10.0 Å². The molecule has 1 fully saturated rings. The Morgan fingerprint density at radius 3 is 2.45 bits per heavy atom. The van der Waals surface area contributed by atoms with Gasteiger partial charge in [0.15, 0.2) is 6.61 Å². The Morgan fingerprint density at radius 1 is 1.10 bits per heavy atom. The van der Waals surface area contributed by atoms with Crippen molar-refractivity contribution in [3.63, 3.8) is 0 Å². The molecule has 1 heterocycles. The maximum absolute atomic E-state index is 13.0. The lowest BCUT2D eigenvalue weighted by Gasteiger charge is -2.34. The molecule has 6 nitrogen and oxygen atoms in total. The number of amides is 1. The Hall–Kier alpha value is -2.38. The molecule has 0 aromatic heterocycles. The Labute approximate surface area is 172 Å². The summed E-state index contributed by atoms with van der Waals surface area (Å²) >= 11 is 0. The molecular weight excluding hydrogens is 388 g/mol. The molecule has 29 heavy (non-hydrogen) atoms. The van der Waals surface area contributed by atoms with Crippen LogP contribution < -0.4 is 10.1 Å². The Kier molecular flexibility index (Phi) is 6.92. The van der Waals surface area contributed by atoms with Gasteiger partial charge in [0.25, 0.3) is 5.91 Å². The molecule has 0 radical (unpaired) electrons. The highest BCUT2D eigenvalue weighted by Gasteiger charge is 2.32. The standard InChI is InChI=1S/C22H28N2O4S/c1-3-19-6-4-5-15-24(19)29(26,27)21-13-9-18(10-14-21)23-22(25)16-28-20-11-7-17(2)8-12-20/h7-14,19H,3-6,15-16H2,1-2H3,(H,23,25)/t19-/m0/s1. The highest BCUT2D eigenvalue weighted by molar-refractivity contribution is 7.89. The number of hydrogen-bond donors (Lipinski definition) is 1. The summed E-state index contributed by atoms with van der Waals surface area (Å²) in [5.41, 5.74) is 1.65. The van der Waals surface area contributed by atoms with Crippen LogP contribution >= 0.6 is 0 Å². The molecule has 156 valence electrons. The Balaban J connectivity index is 1.60. The average molecular weight is 417 g/mol. The number of carbonyl (C=O) groups is 1. The molecule has 0 spiro atoms. The first-order valence-corrected chi connectivity index (χ1v) is 11.5. The van der Waals surface area contributed by atoms with Crippen LogP contribution in [0.2, 0.25) is 0 Å². The van der Waals surface area contributed by atoms with Gasteiger partial charge in [0.1, 0.15) is 5.75 Å².